The SMILES string of the molecule is CN1CCCC(NC(=O)NCCn2cc(C(=O)O)nn2)C1. The summed E-state index contributed by atoms with van der Waals surface area (Å²) < 4.78 is 1.39. The average molecular weight is 296 g/mol. The van der Waals surface area contributed by atoms with Crippen molar-refractivity contribution in [3.63, 3.8) is 0 Å². The molecule has 3 N–H and O–H groups in total. The van der Waals surface area contributed by atoms with Crippen LogP contribution in [0.5, 0.6) is 0 Å². The van der Waals surface area contributed by atoms with Gasteiger partial charge in [-0.3, -0.25) is 0 Å². The van der Waals surface area contributed by atoms with Gasteiger partial charge in [0.15, 0.2) is 5.69 Å². The van der Waals surface area contributed by atoms with Crippen LogP contribution in [0.4, 0.5) is 4.79 Å². The van der Waals surface area contributed by atoms with E-state index >= 15 is 0 Å². The average Bonchev–Trinajstić information content (AvgIpc) is 2.87. The fourth-order valence-electron chi connectivity index (χ4n) is 2.31. The quantitative estimate of drug-likeness (QED) is 0.667. The van der Waals surface area contributed by atoms with Crippen LogP contribution in [0, 0.1) is 0 Å². The highest BCUT2D eigenvalue weighted by atomic mass is 16.4. The van der Waals surface area contributed by atoms with Gasteiger partial charge in [-0.2, -0.15) is 0 Å². The molecule has 2 amide bonds. The van der Waals surface area contributed by atoms with Crippen LogP contribution in [-0.4, -0.2) is 69.7 Å². The first-order chi connectivity index (χ1) is 10.0. The Morgan fingerprint density at radius 2 is 2.33 bits per heavy atom. The fraction of sp³-hybridized carbons (Fsp3) is 0.667. The van der Waals surface area contributed by atoms with Crippen molar-refractivity contribution in [2.75, 3.05) is 26.7 Å². The van der Waals surface area contributed by atoms with Crippen molar-refractivity contribution in [3.05, 3.63) is 11.9 Å². The number of hydrogen-bond acceptors (Lipinski definition) is 5. The van der Waals surface area contributed by atoms with Crippen LogP contribution in [0.1, 0.15) is 23.3 Å². The third-order valence-corrected chi connectivity index (χ3v) is 3.34. The highest BCUT2D eigenvalue weighted by molar-refractivity contribution is 5.84. The normalized spacial score (nSPS) is 19.2. The molecular weight excluding hydrogens is 276 g/mol. The molecule has 9 heteroatoms. The maximum Gasteiger partial charge on any atom is 0.358 e. The smallest absolute Gasteiger partial charge is 0.358 e. The summed E-state index contributed by atoms with van der Waals surface area (Å²) >= 11 is 0. The van der Waals surface area contributed by atoms with E-state index in [2.05, 4.69) is 25.8 Å². The molecule has 2 heterocycles. The van der Waals surface area contributed by atoms with Gasteiger partial charge in [0.25, 0.3) is 0 Å². The topological polar surface area (TPSA) is 112 Å². The lowest BCUT2D eigenvalue weighted by Gasteiger charge is -2.30. The maximum absolute atomic E-state index is 11.7. The second-order valence-electron chi connectivity index (χ2n) is 5.17. The molecule has 2 rings (SSSR count). The molecule has 1 aromatic rings. The molecule has 0 saturated carbocycles. The molecule has 1 fully saturated rings. The minimum absolute atomic E-state index is 0.107. The van der Waals surface area contributed by atoms with Crippen molar-refractivity contribution in [3.8, 4) is 0 Å². The van der Waals surface area contributed by atoms with E-state index < -0.39 is 5.97 Å². The number of urea groups is 1. The summed E-state index contributed by atoms with van der Waals surface area (Å²) in [6, 6.07) is -0.0393. The molecule has 0 radical (unpaired) electrons. The van der Waals surface area contributed by atoms with Crippen molar-refractivity contribution in [1.82, 2.24) is 30.5 Å². The molecule has 0 aromatic carbocycles. The first kappa shape index (κ1) is 15.2. The van der Waals surface area contributed by atoms with Gasteiger partial charge in [0.05, 0.1) is 12.7 Å². The molecule has 1 aliphatic heterocycles. The largest absolute Gasteiger partial charge is 0.476 e. The van der Waals surface area contributed by atoms with Gasteiger partial charge in [-0.15, -0.1) is 5.10 Å². The number of piperidine rings is 1. The summed E-state index contributed by atoms with van der Waals surface area (Å²) in [6.45, 7) is 2.66. The number of hydrogen-bond donors (Lipinski definition) is 3. The molecule has 116 valence electrons. The Hall–Kier alpha value is -2.16. The summed E-state index contributed by atoms with van der Waals surface area (Å²) in [5.74, 6) is -1.12. The Balaban J connectivity index is 1.67. The first-order valence-corrected chi connectivity index (χ1v) is 6.91. The zero-order valence-electron chi connectivity index (χ0n) is 11.9. The molecule has 1 atom stereocenters. The number of aromatic nitrogens is 3. The van der Waals surface area contributed by atoms with Gasteiger partial charge in [-0.05, 0) is 26.4 Å². The van der Waals surface area contributed by atoms with Crippen molar-refractivity contribution in [2.45, 2.75) is 25.4 Å². The number of nitrogens with one attached hydrogen (secondary N) is 2. The van der Waals surface area contributed by atoms with Crippen molar-refractivity contribution >= 4 is 12.0 Å². The Morgan fingerprint density at radius 1 is 1.52 bits per heavy atom. The van der Waals surface area contributed by atoms with Gasteiger partial charge in [0.1, 0.15) is 0 Å². The zero-order chi connectivity index (χ0) is 15.2. The van der Waals surface area contributed by atoms with Crippen molar-refractivity contribution in [2.24, 2.45) is 0 Å². The molecule has 9 nitrogen and oxygen atoms in total. The van der Waals surface area contributed by atoms with E-state index in [1.54, 1.807) is 0 Å². The summed E-state index contributed by atoms with van der Waals surface area (Å²) in [4.78, 5) is 24.6. The van der Waals surface area contributed by atoms with E-state index in [9.17, 15) is 9.59 Å². The molecule has 1 aromatic heterocycles. The van der Waals surface area contributed by atoms with Crippen molar-refractivity contribution in [1.29, 1.82) is 0 Å². The van der Waals surface area contributed by atoms with E-state index in [0.717, 1.165) is 25.9 Å². The second-order valence-corrected chi connectivity index (χ2v) is 5.17. The molecule has 21 heavy (non-hydrogen) atoms. The number of likely N-dealkylation sites (tertiary alicyclic amines) is 1. The summed E-state index contributed by atoms with van der Waals surface area (Å²) in [7, 11) is 2.04. The zero-order valence-corrected chi connectivity index (χ0v) is 11.9. The molecule has 1 aliphatic rings. The number of rotatable bonds is 5. The summed E-state index contributed by atoms with van der Waals surface area (Å²) in [6.07, 6.45) is 3.40. The van der Waals surface area contributed by atoms with E-state index in [1.807, 2.05) is 7.05 Å². The molecule has 1 unspecified atom stereocenters. The third kappa shape index (κ3) is 4.71. The number of carbonyl (C=O) groups excluding carboxylic acids is 1. The van der Waals surface area contributed by atoms with E-state index in [0.29, 0.717) is 13.1 Å². The maximum atomic E-state index is 11.7. The minimum atomic E-state index is -1.12. The van der Waals surface area contributed by atoms with Gasteiger partial charge >= 0.3 is 12.0 Å². The van der Waals surface area contributed by atoms with Crippen LogP contribution in [0.2, 0.25) is 0 Å². The third-order valence-electron chi connectivity index (χ3n) is 3.34. The van der Waals surface area contributed by atoms with Gasteiger partial charge in [-0.25, -0.2) is 14.3 Å². The first-order valence-electron chi connectivity index (χ1n) is 6.91. The number of nitrogens with zero attached hydrogens (tertiary/aromatic N) is 4. The van der Waals surface area contributed by atoms with Crippen LogP contribution in [0.15, 0.2) is 6.20 Å². The Bertz CT molecular complexity index is 503. The number of carbonyl (C=O) groups is 2. The van der Waals surface area contributed by atoms with Gasteiger partial charge < -0.3 is 20.6 Å². The van der Waals surface area contributed by atoms with Crippen LogP contribution in [0.3, 0.4) is 0 Å². The Kier molecular flexibility index (Phi) is 5.09. The van der Waals surface area contributed by atoms with Crippen LogP contribution in [0.25, 0.3) is 0 Å². The molecule has 0 spiro atoms. The predicted molar refractivity (Wildman–Crippen MR) is 74.0 cm³/mol. The number of aromatic carboxylic acids is 1. The molecular formula is C12H20N6O3. The Labute approximate surface area is 122 Å². The van der Waals surface area contributed by atoms with Gasteiger partial charge in [-0.1, -0.05) is 5.21 Å². The number of likely N-dealkylation sites (N-methyl/N-ethyl adjacent to an activating group) is 1. The minimum Gasteiger partial charge on any atom is -0.476 e. The second kappa shape index (κ2) is 7.02. The van der Waals surface area contributed by atoms with Crippen LogP contribution in [-0.2, 0) is 6.54 Å². The lowest BCUT2D eigenvalue weighted by molar-refractivity contribution is 0.0690. The van der Waals surface area contributed by atoms with Gasteiger partial charge in [0.2, 0.25) is 0 Å². The number of carboxylic acid groups (broad SMARTS) is 1. The fourth-order valence-corrected chi connectivity index (χ4v) is 2.31. The number of amides is 2. The molecule has 0 bridgehead atoms. The van der Waals surface area contributed by atoms with E-state index in [1.165, 1.54) is 10.9 Å². The van der Waals surface area contributed by atoms with E-state index in [-0.39, 0.29) is 17.8 Å². The summed E-state index contributed by atoms with van der Waals surface area (Å²) in [5.41, 5.74) is -0.107. The molecule has 0 aliphatic carbocycles. The van der Waals surface area contributed by atoms with Crippen LogP contribution >= 0.6 is 0 Å². The Morgan fingerprint density at radius 3 is 3.00 bits per heavy atom. The lowest BCUT2D eigenvalue weighted by atomic mass is 10.1. The van der Waals surface area contributed by atoms with Crippen molar-refractivity contribution < 1.29 is 14.7 Å². The number of carboxylic acids is 1. The highest BCUT2D eigenvalue weighted by Gasteiger charge is 2.18. The summed E-state index contributed by atoms with van der Waals surface area (Å²) in [5, 5.41) is 21.5. The van der Waals surface area contributed by atoms with Crippen LogP contribution < -0.4 is 10.6 Å². The van der Waals surface area contributed by atoms with Gasteiger partial charge in [0, 0.05) is 19.1 Å². The highest BCUT2D eigenvalue weighted by Crippen LogP contribution is 2.07. The monoisotopic (exact) mass is 296 g/mol. The molecule has 1 saturated heterocycles. The van der Waals surface area contributed by atoms with E-state index in [4.69, 9.17) is 5.11 Å². The lowest BCUT2D eigenvalue weighted by Crippen LogP contribution is -2.49. The standard InChI is InChI=1S/C12H20N6O3/c1-17-5-2-3-9(7-17)14-12(21)13-4-6-18-8-10(11(19)20)15-16-18/h8-9H,2-7H2,1H3,(H,19,20)(H2,13,14,21). The predicted octanol–water partition coefficient (Wildman–Crippen LogP) is -0.630.